The Morgan fingerprint density at radius 2 is 1.08 bits per heavy atom. The second-order valence-corrected chi connectivity index (χ2v) is 5.71. The molecule has 1 aromatic rings. The Kier molecular flexibility index (Phi) is 8.76. The molecule has 0 saturated heterocycles. The number of carbonyl (C=O) groups is 4. The van der Waals surface area contributed by atoms with E-state index in [9.17, 15) is 19.2 Å². The van der Waals surface area contributed by atoms with Gasteiger partial charge in [0.2, 0.25) is 0 Å². The highest BCUT2D eigenvalue weighted by molar-refractivity contribution is 14.1. The molecule has 0 N–H and O–H groups in total. The predicted molar refractivity (Wildman–Crippen MR) is 98.4 cm³/mol. The highest BCUT2D eigenvalue weighted by Crippen LogP contribution is 2.03. The first-order valence-electron chi connectivity index (χ1n) is 7.24. The summed E-state index contributed by atoms with van der Waals surface area (Å²) in [6.07, 6.45) is 0. The van der Waals surface area contributed by atoms with Gasteiger partial charge in [0, 0.05) is 4.43 Å². The molecule has 1 aromatic carbocycles. The van der Waals surface area contributed by atoms with Gasteiger partial charge in [-0.25, -0.2) is 19.2 Å². The first kappa shape index (κ1) is 21.6. The standard InChI is InChI=1S/C17H17IO8/c1-23-14(19)12(15(20)24-2)10-4-6-11(7-5-10)13(16(21)25-3)17(22)26-9-8-18/h4-7H,8-9H2,1-3H3. The number of ether oxygens (including phenoxy) is 4. The molecule has 0 amide bonds. The quantitative estimate of drug-likeness (QED) is 0.178. The van der Waals surface area contributed by atoms with Crippen molar-refractivity contribution < 1.29 is 38.1 Å². The third-order valence-corrected chi connectivity index (χ3v) is 3.59. The third kappa shape index (κ3) is 5.28. The van der Waals surface area contributed by atoms with Crippen molar-refractivity contribution in [3.8, 4) is 0 Å². The molecule has 0 unspecified atom stereocenters. The van der Waals surface area contributed by atoms with E-state index in [0.29, 0.717) is 4.43 Å². The van der Waals surface area contributed by atoms with E-state index in [1.54, 1.807) is 0 Å². The molecule has 0 aliphatic heterocycles. The highest BCUT2D eigenvalue weighted by atomic mass is 127. The minimum atomic E-state index is -0.872. The van der Waals surface area contributed by atoms with E-state index in [1.807, 2.05) is 22.6 Å². The number of rotatable bonds is 6. The Hall–Kier alpha value is -2.43. The van der Waals surface area contributed by atoms with Gasteiger partial charge in [0.15, 0.2) is 11.1 Å². The Morgan fingerprint density at radius 3 is 1.38 bits per heavy atom. The molecular formula is C17H17IO8. The van der Waals surface area contributed by atoms with Crippen molar-refractivity contribution in [3.05, 3.63) is 34.7 Å². The molecule has 9 heteroatoms. The van der Waals surface area contributed by atoms with E-state index in [-0.39, 0.29) is 28.2 Å². The zero-order valence-corrected chi connectivity index (χ0v) is 16.5. The van der Waals surface area contributed by atoms with Crippen molar-refractivity contribution in [1.29, 1.82) is 0 Å². The monoisotopic (exact) mass is 476 g/mol. The van der Waals surface area contributed by atoms with Crippen LogP contribution < -0.4 is 10.4 Å². The molecule has 0 radical (unpaired) electrons. The molecule has 8 nitrogen and oxygen atoms in total. The normalized spacial score (nSPS) is 9.69. The topological polar surface area (TPSA) is 105 Å². The number of halogens is 1. The SMILES string of the molecule is COC(=O)C(C(=O)OC)=c1ccc(=C(C(=O)OC)C(=O)OCCI)cc1. The van der Waals surface area contributed by atoms with Gasteiger partial charge in [-0.15, -0.1) is 0 Å². The largest absolute Gasteiger partial charge is 0.465 e. The van der Waals surface area contributed by atoms with Gasteiger partial charge in [0.05, 0.1) is 21.3 Å². The van der Waals surface area contributed by atoms with Gasteiger partial charge < -0.3 is 18.9 Å². The number of esters is 4. The van der Waals surface area contributed by atoms with E-state index in [4.69, 9.17) is 4.74 Å². The molecule has 0 bridgehead atoms. The van der Waals surface area contributed by atoms with E-state index in [1.165, 1.54) is 24.3 Å². The first-order chi connectivity index (χ1) is 12.4. The zero-order chi connectivity index (χ0) is 19.7. The average molecular weight is 476 g/mol. The zero-order valence-electron chi connectivity index (χ0n) is 14.4. The second-order valence-electron chi connectivity index (χ2n) is 4.63. The lowest BCUT2D eigenvalue weighted by atomic mass is 10.1. The van der Waals surface area contributed by atoms with Crippen LogP contribution in [0.5, 0.6) is 0 Å². The summed E-state index contributed by atoms with van der Waals surface area (Å²) >= 11 is 2.02. The summed E-state index contributed by atoms with van der Waals surface area (Å²) in [6, 6.07) is 5.54. The van der Waals surface area contributed by atoms with Crippen molar-refractivity contribution >= 4 is 57.6 Å². The predicted octanol–water partition coefficient (Wildman–Crippen LogP) is -0.515. The molecule has 0 aliphatic carbocycles. The molecule has 0 fully saturated rings. The highest BCUT2D eigenvalue weighted by Gasteiger charge is 2.23. The smallest absolute Gasteiger partial charge is 0.346 e. The van der Waals surface area contributed by atoms with Crippen molar-refractivity contribution in [3.63, 3.8) is 0 Å². The molecule has 26 heavy (non-hydrogen) atoms. The van der Waals surface area contributed by atoms with Gasteiger partial charge in [0.1, 0.15) is 6.61 Å². The maximum absolute atomic E-state index is 12.1. The Bertz CT molecular complexity index is 786. The summed E-state index contributed by atoms with van der Waals surface area (Å²) in [5.74, 6) is -3.43. The van der Waals surface area contributed by atoms with Crippen LogP contribution in [0.2, 0.25) is 0 Å². The summed E-state index contributed by atoms with van der Waals surface area (Å²) in [7, 11) is 3.40. The minimum absolute atomic E-state index is 0.139. The van der Waals surface area contributed by atoms with Crippen LogP contribution in [0, 0.1) is 0 Å². The van der Waals surface area contributed by atoms with Gasteiger partial charge in [-0.1, -0.05) is 46.9 Å². The maximum atomic E-state index is 12.1. The van der Waals surface area contributed by atoms with Crippen LogP contribution in [-0.4, -0.2) is 56.2 Å². The molecule has 0 aromatic heterocycles. The summed E-state index contributed by atoms with van der Waals surface area (Å²) < 4.78 is 19.3. The number of carbonyl (C=O) groups excluding carboxylic acids is 4. The van der Waals surface area contributed by atoms with Gasteiger partial charge in [0.25, 0.3) is 0 Å². The molecule has 140 valence electrons. The summed E-state index contributed by atoms with van der Waals surface area (Å²) in [4.78, 5) is 47.6. The lowest BCUT2D eigenvalue weighted by molar-refractivity contribution is -0.142. The molecule has 0 atom stereocenters. The Morgan fingerprint density at radius 1 is 0.731 bits per heavy atom. The number of methoxy groups -OCH3 is 3. The number of alkyl halides is 1. The second kappa shape index (κ2) is 10.5. The number of hydrogen-bond donors (Lipinski definition) is 0. The molecule has 1 rings (SSSR count). The molecule has 0 aliphatic rings. The molecule has 0 saturated carbocycles. The lowest BCUT2D eigenvalue weighted by Crippen LogP contribution is -2.27. The Balaban J connectivity index is 3.58. The van der Waals surface area contributed by atoms with Crippen molar-refractivity contribution in [2.45, 2.75) is 0 Å². The fraction of sp³-hybridized carbons (Fsp3) is 0.294. The van der Waals surface area contributed by atoms with Crippen LogP contribution in [0.3, 0.4) is 0 Å². The fourth-order valence-electron chi connectivity index (χ4n) is 1.95. The fourth-order valence-corrected chi connectivity index (χ4v) is 2.17. The van der Waals surface area contributed by atoms with Crippen LogP contribution in [0.25, 0.3) is 11.1 Å². The van der Waals surface area contributed by atoms with Crippen LogP contribution in [-0.2, 0) is 38.1 Å². The molecule has 0 heterocycles. The van der Waals surface area contributed by atoms with Gasteiger partial charge in [-0.05, 0) is 10.4 Å². The summed E-state index contributed by atoms with van der Waals surface area (Å²) in [6.45, 7) is 0.139. The van der Waals surface area contributed by atoms with E-state index in [0.717, 1.165) is 21.3 Å². The van der Waals surface area contributed by atoms with E-state index in [2.05, 4.69) is 14.2 Å². The lowest BCUT2D eigenvalue weighted by Gasteiger charge is -2.06. The van der Waals surface area contributed by atoms with Crippen LogP contribution >= 0.6 is 22.6 Å². The number of hydrogen-bond acceptors (Lipinski definition) is 8. The average Bonchev–Trinajstić information content (AvgIpc) is 2.67. The summed E-state index contributed by atoms with van der Waals surface area (Å²) in [5.41, 5.74) is -0.602. The molecule has 0 spiro atoms. The van der Waals surface area contributed by atoms with Crippen molar-refractivity contribution in [2.75, 3.05) is 32.4 Å². The van der Waals surface area contributed by atoms with Crippen molar-refractivity contribution in [2.24, 2.45) is 0 Å². The van der Waals surface area contributed by atoms with E-state index < -0.39 is 23.9 Å². The third-order valence-electron chi connectivity index (χ3n) is 3.15. The molecular weight excluding hydrogens is 459 g/mol. The van der Waals surface area contributed by atoms with Crippen LogP contribution in [0.1, 0.15) is 0 Å². The van der Waals surface area contributed by atoms with Crippen LogP contribution in [0.15, 0.2) is 24.3 Å². The number of benzene rings is 1. The maximum Gasteiger partial charge on any atom is 0.346 e. The van der Waals surface area contributed by atoms with Crippen LogP contribution in [0.4, 0.5) is 0 Å². The van der Waals surface area contributed by atoms with Crippen molar-refractivity contribution in [1.82, 2.24) is 0 Å². The minimum Gasteiger partial charge on any atom is -0.465 e. The summed E-state index contributed by atoms with van der Waals surface area (Å²) in [5, 5.41) is 0.422. The first-order valence-corrected chi connectivity index (χ1v) is 8.76. The van der Waals surface area contributed by atoms with Gasteiger partial charge in [-0.3, -0.25) is 0 Å². The van der Waals surface area contributed by atoms with Gasteiger partial charge >= 0.3 is 23.9 Å². The van der Waals surface area contributed by atoms with E-state index >= 15 is 0 Å². The Labute approximate surface area is 162 Å². The van der Waals surface area contributed by atoms with Gasteiger partial charge in [-0.2, -0.15) is 0 Å².